The second-order valence-electron chi connectivity index (χ2n) is 4.86. The van der Waals surface area contributed by atoms with Gasteiger partial charge in [0, 0.05) is 23.8 Å². The molecule has 0 aliphatic carbocycles. The van der Waals surface area contributed by atoms with E-state index in [1.54, 1.807) is 12.1 Å². The molecule has 0 fully saturated rings. The molecule has 0 saturated heterocycles. The van der Waals surface area contributed by atoms with Crippen molar-refractivity contribution in [2.24, 2.45) is 0 Å². The molecular formula is C16H26ClN3O. The molecule has 0 radical (unpaired) electrons. The van der Waals surface area contributed by atoms with Gasteiger partial charge in [0.2, 0.25) is 0 Å². The molecule has 0 aromatic heterocycles. The van der Waals surface area contributed by atoms with E-state index in [-0.39, 0.29) is 5.91 Å². The second-order valence-corrected chi connectivity index (χ2v) is 5.29. The van der Waals surface area contributed by atoms with Crippen LogP contribution in [0.5, 0.6) is 0 Å². The summed E-state index contributed by atoms with van der Waals surface area (Å²) in [4.78, 5) is 14.6. The van der Waals surface area contributed by atoms with Gasteiger partial charge in [0.25, 0.3) is 5.91 Å². The van der Waals surface area contributed by atoms with Crippen LogP contribution >= 0.6 is 11.6 Å². The number of benzene rings is 1. The Morgan fingerprint density at radius 2 is 1.95 bits per heavy atom. The van der Waals surface area contributed by atoms with Crippen LogP contribution in [0, 0.1) is 0 Å². The first-order valence-corrected chi connectivity index (χ1v) is 8.04. The SMILES string of the molecule is CCNc1ccc(Cl)cc1C(=O)NCCCN(CC)CC. The van der Waals surface area contributed by atoms with Crippen molar-refractivity contribution < 1.29 is 4.79 Å². The highest BCUT2D eigenvalue weighted by Crippen LogP contribution is 2.20. The van der Waals surface area contributed by atoms with E-state index in [0.717, 1.165) is 38.3 Å². The van der Waals surface area contributed by atoms with E-state index in [2.05, 4.69) is 29.4 Å². The number of carbonyl (C=O) groups excluding carboxylic acids is 1. The van der Waals surface area contributed by atoms with Gasteiger partial charge >= 0.3 is 0 Å². The minimum atomic E-state index is -0.0759. The van der Waals surface area contributed by atoms with Crippen molar-refractivity contribution in [1.82, 2.24) is 10.2 Å². The largest absolute Gasteiger partial charge is 0.385 e. The fourth-order valence-corrected chi connectivity index (χ4v) is 2.36. The van der Waals surface area contributed by atoms with Gasteiger partial charge in [-0.25, -0.2) is 0 Å². The number of nitrogens with one attached hydrogen (secondary N) is 2. The Morgan fingerprint density at radius 3 is 2.57 bits per heavy atom. The highest BCUT2D eigenvalue weighted by molar-refractivity contribution is 6.31. The van der Waals surface area contributed by atoms with Gasteiger partial charge in [0.1, 0.15) is 0 Å². The molecule has 0 spiro atoms. The number of amides is 1. The topological polar surface area (TPSA) is 44.4 Å². The predicted molar refractivity (Wildman–Crippen MR) is 90.4 cm³/mol. The maximum Gasteiger partial charge on any atom is 0.253 e. The van der Waals surface area contributed by atoms with E-state index in [4.69, 9.17) is 11.6 Å². The first kappa shape index (κ1) is 17.8. The van der Waals surface area contributed by atoms with E-state index in [0.29, 0.717) is 17.1 Å². The Labute approximate surface area is 132 Å². The average Bonchev–Trinajstić information content (AvgIpc) is 2.49. The van der Waals surface area contributed by atoms with Crippen LogP contribution in [0.3, 0.4) is 0 Å². The van der Waals surface area contributed by atoms with Crippen LogP contribution in [0.1, 0.15) is 37.6 Å². The van der Waals surface area contributed by atoms with Gasteiger partial charge in [0.15, 0.2) is 0 Å². The molecule has 5 heteroatoms. The van der Waals surface area contributed by atoms with E-state index >= 15 is 0 Å². The molecule has 1 amide bonds. The van der Waals surface area contributed by atoms with Crippen molar-refractivity contribution in [3.8, 4) is 0 Å². The maximum absolute atomic E-state index is 12.3. The molecule has 0 heterocycles. The molecule has 0 unspecified atom stereocenters. The molecule has 0 aliphatic heterocycles. The number of halogens is 1. The summed E-state index contributed by atoms with van der Waals surface area (Å²) >= 11 is 5.99. The van der Waals surface area contributed by atoms with Gasteiger partial charge < -0.3 is 15.5 Å². The Kier molecular flexibility index (Phi) is 8.16. The van der Waals surface area contributed by atoms with Gasteiger partial charge in [-0.2, -0.15) is 0 Å². The summed E-state index contributed by atoms with van der Waals surface area (Å²) in [6.45, 7) is 10.8. The summed E-state index contributed by atoms with van der Waals surface area (Å²) in [7, 11) is 0. The number of carbonyl (C=O) groups is 1. The van der Waals surface area contributed by atoms with Gasteiger partial charge in [-0.1, -0.05) is 25.4 Å². The standard InChI is InChI=1S/C16H26ClN3O/c1-4-18-15-9-8-13(17)12-14(15)16(21)19-10-7-11-20(5-2)6-3/h8-9,12,18H,4-7,10-11H2,1-3H3,(H,19,21). The van der Waals surface area contributed by atoms with Crippen molar-refractivity contribution in [1.29, 1.82) is 0 Å². The molecule has 1 aromatic carbocycles. The van der Waals surface area contributed by atoms with Crippen LogP contribution in [0.25, 0.3) is 0 Å². The molecule has 4 nitrogen and oxygen atoms in total. The van der Waals surface area contributed by atoms with Crippen molar-refractivity contribution >= 4 is 23.2 Å². The smallest absolute Gasteiger partial charge is 0.253 e. The normalized spacial score (nSPS) is 10.7. The Hall–Kier alpha value is -1.26. The molecular weight excluding hydrogens is 286 g/mol. The number of hydrogen-bond donors (Lipinski definition) is 2. The lowest BCUT2D eigenvalue weighted by molar-refractivity contribution is 0.0952. The average molecular weight is 312 g/mol. The molecule has 0 saturated carbocycles. The minimum Gasteiger partial charge on any atom is -0.385 e. The summed E-state index contributed by atoms with van der Waals surface area (Å²) in [5, 5.41) is 6.72. The molecule has 0 aliphatic rings. The van der Waals surface area contributed by atoms with E-state index in [1.165, 1.54) is 0 Å². The Morgan fingerprint density at radius 1 is 1.24 bits per heavy atom. The second kappa shape index (κ2) is 9.64. The summed E-state index contributed by atoms with van der Waals surface area (Å²) in [6, 6.07) is 5.34. The monoisotopic (exact) mass is 311 g/mol. The Bertz CT molecular complexity index is 447. The zero-order valence-corrected chi connectivity index (χ0v) is 14.0. The van der Waals surface area contributed by atoms with Crippen molar-refractivity contribution in [2.45, 2.75) is 27.2 Å². The minimum absolute atomic E-state index is 0.0759. The van der Waals surface area contributed by atoms with Gasteiger partial charge in [0.05, 0.1) is 5.56 Å². The third kappa shape index (κ3) is 5.94. The predicted octanol–water partition coefficient (Wildman–Crippen LogP) is 3.23. The molecule has 2 N–H and O–H groups in total. The van der Waals surface area contributed by atoms with E-state index in [1.807, 2.05) is 13.0 Å². The van der Waals surface area contributed by atoms with Crippen molar-refractivity contribution in [2.75, 3.05) is 38.0 Å². The lowest BCUT2D eigenvalue weighted by Gasteiger charge is -2.18. The molecule has 118 valence electrons. The van der Waals surface area contributed by atoms with Crippen LogP contribution < -0.4 is 10.6 Å². The summed E-state index contributed by atoms with van der Waals surface area (Å²) in [5.41, 5.74) is 1.43. The highest BCUT2D eigenvalue weighted by Gasteiger charge is 2.11. The summed E-state index contributed by atoms with van der Waals surface area (Å²) in [6.07, 6.45) is 0.949. The molecule has 1 rings (SSSR count). The first-order valence-electron chi connectivity index (χ1n) is 7.66. The van der Waals surface area contributed by atoms with Crippen LogP contribution in [-0.2, 0) is 0 Å². The zero-order chi connectivity index (χ0) is 15.7. The number of anilines is 1. The van der Waals surface area contributed by atoms with Gasteiger partial charge in [-0.3, -0.25) is 4.79 Å². The van der Waals surface area contributed by atoms with Gasteiger partial charge in [-0.15, -0.1) is 0 Å². The van der Waals surface area contributed by atoms with Crippen molar-refractivity contribution in [3.63, 3.8) is 0 Å². The maximum atomic E-state index is 12.3. The third-order valence-electron chi connectivity index (χ3n) is 3.42. The van der Waals surface area contributed by atoms with Crippen LogP contribution in [0.15, 0.2) is 18.2 Å². The van der Waals surface area contributed by atoms with Crippen LogP contribution in [0.2, 0.25) is 5.02 Å². The quantitative estimate of drug-likeness (QED) is 0.688. The molecule has 0 atom stereocenters. The highest BCUT2D eigenvalue weighted by atomic mass is 35.5. The molecule has 21 heavy (non-hydrogen) atoms. The first-order chi connectivity index (χ1) is 10.1. The summed E-state index contributed by atoms with van der Waals surface area (Å²) in [5.74, 6) is -0.0759. The Balaban J connectivity index is 2.53. The molecule has 1 aromatic rings. The molecule has 0 bridgehead atoms. The third-order valence-corrected chi connectivity index (χ3v) is 3.66. The fraction of sp³-hybridized carbons (Fsp3) is 0.562. The van der Waals surface area contributed by atoms with Crippen molar-refractivity contribution in [3.05, 3.63) is 28.8 Å². The fourth-order valence-electron chi connectivity index (χ4n) is 2.19. The van der Waals surface area contributed by atoms with Crippen LogP contribution in [-0.4, -0.2) is 43.5 Å². The number of nitrogens with zero attached hydrogens (tertiary/aromatic N) is 1. The number of hydrogen-bond acceptors (Lipinski definition) is 3. The van der Waals surface area contributed by atoms with Crippen LogP contribution in [0.4, 0.5) is 5.69 Å². The van der Waals surface area contributed by atoms with Gasteiger partial charge in [-0.05, 0) is 51.2 Å². The number of rotatable bonds is 9. The lowest BCUT2D eigenvalue weighted by Crippen LogP contribution is -2.30. The van der Waals surface area contributed by atoms with E-state index < -0.39 is 0 Å². The lowest BCUT2D eigenvalue weighted by atomic mass is 10.1. The summed E-state index contributed by atoms with van der Waals surface area (Å²) < 4.78 is 0. The van der Waals surface area contributed by atoms with E-state index in [9.17, 15) is 4.79 Å². The zero-order valence-electron chi connectivity index (χ0n) is 13.2.